The van der Waals surface area contributed by atoms with Crippen LogP contribution in [0.2, 0.25) is 0 Å². The molecule has 0 atom stereocenters. The van der Waals surface area contributed by atoms with Crippen molar-refractivity contribution in [3.8, 4) is 34.2 Å². The zero-order chi connectivity index (χ0) is 26.4. The minimum Gasteiger partial charge on any atom is -0.255 e. The second kappa shape index (κ2) is 15.7. The molecule has 6 rings (SSSR count). The molecule has 0 unspecified atom stereocenters. The summed E-state index contributed by atoms with van der Waals surface area (Å²) in [6.07, 6.45) is 10.7. The van der Waals surface area contributed by atoms with Crippen LogP contribution in [0, 0.1) is 13.8 Å². The molecule has 6 aromatic rings. The van der Waals surface area contributed by atoms with Crippen LogP contribution in [0.4, 0.5) is 0 Å². The molecule has 0 aliphatic carbocycles. The van der Waals surface area contributed by atoms with Gasteiger partial charge in [-0.1, -0.05) is 24.3 Å². The maximum atomic E-state index is 4.29. The molecular formula is C32H28N6Ru. The fourth-order valence-electron chi connectivity index (χ4n) is 3.41. The Hall–Kier alpha value is -4.48. The number of hydrogen-bond acceptors (Lipinski definition) is 6. The number of hydrogen-bond donors (Lipinski definition) is 0. The SMILES string of the molecule is Cc1ccnc(-c2cc(C)ccn2)c1.[Ru].c1ccc(-c2ccccn2)nc1.c1ccc(-c2ccccn2)nc1. The van der Waals surface area contributed by atoms with E-state index in [0.717, 1.165) is 34.2 Å². The van der Waals surface area contributed by atoms with Crippen LogP contribution in [0.3, 0.4) is 0 Å². The number of aryl methyl sites for hydroxylation is 2. The predicted octanol–water partition coefficient (Wildman–Crippen LogP) is 7.05. The summed E-state index contributed by atoms with van der Waals surface area (Å²) in [5.74, 6) is 0. The molecule has 7 heteroatoms. The van der Waals surface area contributed by atoms with Gasteiger partial charge in [0.05, 0.1) is 34.2 Å². The zero-order valence-corrected chi connectivity index (χ0v) is 23.5. The van der Waals surface area contributed by atoms with Gasteiger partial charge in [0.15, 0.2) is 0 Å². The maximum Gasteiger partial charge on any atom is 0.0888 e. The second-order valence-electron chi connectivity index (χ2n) is 8.30. The van der Waals surface area contributed by atoms with Crippen molar-refractivity contribution in [1.29, 1.82) is 0 Å². The first kappa shape index (κ1) is 29.1. The van der Waals surface area contributed by atoms with Crippen molar-refractivity contribution in [3.63, 3.8) is 0 Å². The molecule has 0 aliphatic heterocycles. The molecule has 0 bridgehead atoms. The van der Waals surface area contributed by atoms with Crippen LogP contribution >= 0.6 is 0 Å². The zero-order valence-electron chi connectivity index (χ0n) is 21.7. The summed E-state index contributed by atoms with van der Waals surface area (Å²) in [6.45, 7) is 4.11. The summed E-state index contributed by atoms with van der Waals surface area (Å²) in [4.78, 5) is 25.3. The summed E-state index contributed by atoms with van der Waals surface area (Å²) < 4.78 is 0. The molecule has 0 saturated heterocycles. The summed E-state index contributed by atoms with van der Waals surface area (Å²) in [7, 11) is 0. The number of pyridine rings is 6. The van der Waals surface area contributed by atoms with E-state index in [1.54, 1.807) is 24.8 Å². The Morgan fingerprint density at radius 1 is 0.333 bits per heavy atom. The van der Waals surface area contributed by atoms with Gasteiger partial charge >= 0.3 is 0 Å². The molecule has 194 valence electrons. The van der Waals surface area contributed by atoms with E-state index >= 15 is 0 Å². The minimum absolute atomic E-state index is 0. The van der Waals surface area contributed by atoms with E-state index in [2.05, 4.69) is 43.8 Å². The van der Waals surface area contributed by atoms with Gasteiger partial charge in [0.1, 0.15) is 0 Å². The first-order valence-electron chi connectivity index (χ1n) is 12.2. The van der Waals surface area contributed by atoms with Crippen molar-refractivity contribution >= 4 is 0 Å². The maximum absolute atomic E-state index is 4.29. The molecule has 0 saturated carbocycles. The molecule has 6 aromatic heterocycles. The molecule has 0 N–H and O–H groups in total. The fraction of sp³-hybridized carbons (Fsp3) is 0.0625. The van der Waals surface area contributed by atoms with Crippen molar-refractivity contribution in [2.24, 2.45) is 0 Å². The van der Waals surface area contributed by atoms with Gasteiger partial charge in [0, 0.05) is 56.7 Å². The number of rotatable bonds is 3. The number of aromatic nitrogens is 6. The van der Waals surface area contributed by atoms with Crippen LogP contribution in [0.15, 0.2) is 134 Å². The van der Waals surface area contributed by atoms with E-state index in [0.29, 0.717) is 0 Å². The van der Waals surface area contributed by atoms with Crippen molar-refractivity contribution < 1.29 is 19.5 Å². The van der Waals surface area contributed by atoms with Crippen molar-refractivity contribution in [2.75, 3.05) is 0 Å². The van der Waals surface area contributed by atoms with E-state index in [1.807, 2.05) is 109 Å². The molecule has 0 aromatic carbocycles. The smallest absolute Gasteiger partial charge is 0.0888 e. The van der Waals surface area contributed by atoms with Crippen LogP contribution in [-0.4, -0.2) is 29.9 Å². The van der Waals surface area contributed by atoms with Gasteiger partial charge < -0.3 is 0 Å². The molecule has 39 heavy (non-hydrogen) atoms. The van der Waals surface area contributed by atoms with E-state index in [4.69, 9.17) is 0 Å². The topological polar surface area (TPSA) is 77.3 Å². The average molecular weight is 598 g/mol. The third-order valence-corrected chi connectivity index (χ3v) is 5.28. The molecular weight excluding hydrogens is 569 g/mol. The van der Waals surface area contributed by atoms with Gasteiger partial charge in [-0.05, 0) is 97.8 Å². The Balaban J connectivity index is 0.000000160. The van der Waals surface area contributed by atoms with Crippen LogP contribution in [0.1, 0.15) is 11.1 Å². The van der Waals surface area contributed by atoms with Gasteiger partial charge in [-0.3, -0.25) is 29.9 Å². The van der Waals surface area contributed by atoms with E-state index < -0.39 is 0 Å². The molecule has 0 amide bonds. The Morgan fingerprint density at radius 3 is 0.846 bits per heavy atom. The van der Waals surface area contributed by atoms with Gasteiger partial charge in [0.2, 0.25) is 0 Å². The van der Waals surface area contributed by atoms with Crippen LogP contribution < -0.4 is 0 Å². The quantitative estimate of drug-likeness (QED) is 0.204. The van der Waals surface area contributed by atoms with Gasteiger partial charge in [-0.25, -0.2) is 0 Å². The Kier molecular flexibility index (Phi) is 11.7. The summed E-state index contributed by atoms with van der Waals surface area (Å²) >= 11 is 0. The first-order chi connectivity index (χ1) is 18.7. The van der Waals surface area contributed by atoms with E-state index in [9.17, 15) is 0 Å². The largest absolute Gasteiger partial charge is 0.255 e. The van der Waals surface area contributed by atoms with Crippen LogP contribution in [0.25, 0.3) is 34.2 Å². The normalized spacial score (nSPS) is 9.59. The molecule has 0 radical (unpaired) electrons. The summed E-state index contributed by atoms with van der Waals surface area (Å²) in [5, 5.41) is 0. The van der Waals surface area contributed by atoms with Gasteiger partial charge in [-0.2, -0.15) is 0 Å². The van der Waals surface area contributed by atoms with E-state index in [-0.39, 0.29) is 19.5 Å². The predicted molar refractivity (Wildman–Crippen MR) is 152 cm³/mol. The monoisotopic (exact) mass is 598 g/mol. The Bertz CT molecular complexity index is 1320. The number of nitrogens with zero attached hydrogens (tertiary/aromatic N) is 6. The van der Waals surface area contributed by atoms with E-state index in [1.165, 1.54) is 11.1 Å². The molecule has 6 heterocycles. The standard InChI is InChI=1S/C12H12N2.2C10H8N2.Ru/c1-9-3-5-13-11(7-9)12-8-10(2)4-6-14-12;2*1-3-7-11-9(5-1)10-6-2-4-8-12-10;/h3-8H,1-2H3;2*1-8H;. The van der Waals surface area contributed by atoms with Crippen LogP contribution in [0.5, 0.6) is 0 Å². The second-order valence-corrected chi connectivity index (χ2v) is 8.30. The van der Waals surface area contributed by atoms with Gasteiger partial charge in [0.25, 0.3) is 0 Å². The summed E-state index contributed by atoms with van der Waals surface area (Å²) in [5.41, 5.74) is 7.95. The Labute approximate surface area is 242 Å². The summed E-state index contributed by atoms with van der Waals surface area (Å²) in [6, 6.07) is 31.2. The third kappa shape index (κ3) is 9.40. The minimum atomic E-state index is 0. The first-order valence-corrected chi connectivity index (χ1v) is 12.2. The average Bonchev–Trinajstić information content (AvgIpc) is 3.00. The molecule has 0 spiro atoms. The van der Waals surface area contributed by atoms with Crippen LogP contribution in [-0.2, 0) is 19.5 Å². The van der Waals surface area contributed by atoms with Crippen molar-refractivity contribution in [2.45, 2.75) is 13.8 Å². The Morgan fingerprint density at radius 2 is 0.615 bits per heavy atom. The van der Waals surface area contributed by atoms with Crippen molar-refractivity contribution in [3.05, 3.63) is 145 Å². The fourth-order valence-corrected chi connectivity index (χ4v) is 3.41. The van der Waals surface area contributed by atoms with Crippen molar-refractivity contribution in [1.82, 2.24) is 29.9 Å². The third-order valence-electron chi connectivity index (χ3n) is 5.28. The molecule has 6 nitrogen and oxygen atoms in total. The van der Waals surface area contributed by atoms with Gasteiger partial charge in [-0.15, -0.1) is 0 Å². The molecule has 0 fully saturated rings. The molecule has 0 aliphatic rings.